The number of sulfonamides is 1. The normalized spacial score (nSPS) is 13.2. The van der Waals surface area contributed by atoms with E-state index < -0.39 is 21.5 Å². The van der Waals surface area contributed by atoms with Gasteiger partial charge in [-0.05, 0) is 44.0 Å². The zero-order valence-corrected chi connectivity index (χ0v) is 22.6. The molecule has 1 amide bonds. The summed E-state index contributed by atoms with van der Waals surface area (Å²) in [4.78, 5) is 17.4. The quantitative estimate of drug-likeness (QED) is 0.329. The standard InChI is InChI=1S/C25H28N6O4S2/c1-16-15-36-21(28-16)14-27-22(32)18-10-19(12-20(11-18)31(3)37(4,33)34)23-29-30-24(35-23)25(2,26)13-17-8-6-5-7-9-17/h5-12,15H,13-14,26H2,1-4H3,(H,27,32)/t25-/m1/s1. The maximum absolute atomic E-state index is 13.0. The lowest BCUT2D eigenvalue weighted by Crippen LogP contribution is -2.35. The highest BCUT2D eigenvalue weighted by molar-refractivity contribution is 7.92. The average Bonchev–Trinajstić information content (AvgIpc) is 3.51. The van der Waals surface area contributed by atoms with Gasteiger partial charge in [0.2, 0.25) is 21.8 Å². The molecule has 1 atom stereocenters. The van der Waals surface area contributed by atoms with Crippen molar-refractivity contribution in [2.75, 3.05) is 17.6 Å². The second kappa shape index (κ2) is 10.4. The van der Waals surface area contributed by atoms with E-state index in [0.717, 1.165) is 26.8 Å². The fourth-order valence-electron chi connectivity index (χ4n) is 3.65. The number of hydrogen-bond donors (Lipinski definition) is 2. The van der Waals surface area contributed by atoms with Crippen molar-refractivity contribution in [2.45, 2.75) is 32.4 Å². The van der Waals surface area contributed by atoms with Crippen molar-refractivity contribution in [2.24, 2.45) is 5.73 Å². The molecule has 2 aromatic carbocycles. The fraction of sp³-hybridized carbons (Fsp3) is 0.280. The molecule has 0 unspecified atom stereocenters. The monoisotopic (exact) mass is 540 g/mol. The molecule has 37 heavy (non-hydrogen) atoms. The molecule has 0 spiro atoms. The number of benzene rings is 2. The van der Waals surface area contributed by atoms with E-state index in [1.165, 1.54) is 24.5 Å². The number of carbonyl (C=O) groups excluding carboxylic acids is 1. The van der Waals surface area contributed by atoms with Crippen molar-refractivity contribution in [3.05, 3.63) is 81.6 Å². The van der Waals surface area contributed by atoms with Gasteiger partial charge in [-0.3, -0.25) is 9.10 Å². The Morgan fingerprint density at radius 1 is 1.19 bits per heavy atom. The number of aromatic nitrogens is 3. The van der Waals surface area contributed by atoms with Crippen LogP contribution in [0, 0.1) is 6.92 Å². The molecule has 10 nitrogen and oxygen atoms in total. The number of rotatable bonds is 9. The molecular formula is C25H28N6O4S2. The van der Waals surface area contributed by atoms with E-state index in [9.17, 15) is 13.2 Å². The number of aryl methyl sites for hydroxylation is 1. The second-order valence-electron chi connectivity index (χ2n) is 9.06. The Kier molecular flexibility index (Phi) is 7.44. The first-order valence-electron chi connectivity index (χ1n) is 11.4. The summed E-state index contributed by atoms with van der Waals surface area (Å²) < 4.78 is 31.5. The van der Waals surface area contributed by atoms with Gasteiger partial charge in [0.1, 0.15) is 5.01 Å². The van der Waals surface area contributed by atoms with Gasteiger partial charge in [-0.2, -0.15) is 0 Å². The van der Waals surface area contributed by atoms with E-state index in [-0.39, 0.29) is 29.6 Å². The molecule has 3 N–H and O–H groups in total. The summed E-state index contributed by atoms with van der Waals surface area (Å²) in [5.41, 5.74) is 8.35. The molecule has 12 heteroatoms. The van der Waals surface area contributed by atoms with Crippen LogP contribution in [0.15, 0.2) is 58.3 Å². The van der Waals surface area contributed by atoms with Gasteiger partial charge < -0.3 is 15.5 Å². The summed E-state index contributed by atoms with van der Waals surface area (Å²) in [6.07, 6.45) is 1.55. The average molecular weight is 541 g/mol. The van der Waals surface area contributed by atoms with E-state index in [0.29, 0.717) is 12.0 Å². The lowest BCUT2D eigenvalue weighted by molar-refractivity contribution is 0.0951. The van der Waals surface area contributed by atoms with E-state index >= 15 is 0 Å². The maximum atomic E-state index is 13.0. The molecule has 0 saturated carbocycles. The summed E-state index contributed by atoms with van der Waals surface area (Å²) in [7, 11) is -2.19. The van der Waals surface area contributed by atoms with Gasteiger partial charge in [-0.25, -0.2) is 13.4 Å². The minimum Gasteiger partial charge on any atom is -0.419 e. The fourth-order valence-corrected chi connectivity index (χ4v) is 4.85. The zero-order valence-electron chi connectivity index (χ0n) is 20.9. The van der Waals surface area contributed by atoms with Gasteiger partial charge in [0, 0.05) is 29.2 Å². The van der Waals surface area contributed by atoms with Gasteiger partial charge in [0.25, 0.3) is 5.91 Å². The SMILES string of the molecule is Cc1csc(CNC(=O)c2cc(-c3nnc([C@](C)(N)Cc4ccccc4)o3)cc(N(C)S(C)(=O)=O)c2)n1. The lowest BCUT2D eigenvalue weighted by atomic mass is 9.94. The van der Waals surface area contributed by atoms with Gasteiger partial charge in [-0.15, -0.1) is 21.5 Å². The van der Waals surface area contributed by atoms with Crippen LogP contribution in [0.25, 0.3) is 11.5 Å². The molecule has 0 aliphatic carbocycles. The number of hydrogen-bond acceptors (Lipinski definition) is 9. The predicted molar refractivity (Wildman–Crippen MR) is 143 cm³/mol. The number of amides is 1. The summed E-state index contributed by atoms with van der Waals surface area (Å²) in [6.45, 7) is 3.92. The molecule has 0 fully saturated rings. The maximum Gasteiger partial charge on any atom is 0.251 e. The molecule has 194 valence electrons. The first kappa shape index (κ1) is 26.5. The van der Waals surface area contributed by atoms with Gasteiger partial charge in [-0.1, -0.05) is 30.3 Å². The summed E-state index contributed by atoms with van der Waals surface area (Å²) in [5.74, 6) is -0.0585. The molecule has 4 aromatic rings. The number of nitrogens with zero attached hydrogens (tertiary/aromatic N) is 4. The lowest BCUT2D eigenvalue weighted by Gasteiger charge is -2.20. The minimum atomic E-state index is -3.60. The molecule has 0 aliphatic heterocycles. The molecule has 2 aromatic heterocycles. The van der Waals surface area contributed by atoms with E-state index in [1.807, 2.05) is 42.6 Å². The number of carbonyl (C=O) groups is 1. The highest BCUT2D eigenvalue weighted by atomic mass is 32.2. The smallest absolute Gasteiger partial charge is 0.251 e. The highest BCUT2D eigenvalue weighted by Crippen LogP contribution is 2.30. The van der Waals surface area contributed by atoms with Crippen LogP contribution in [0.4, 0.5) is 5.69 Å². The Morgan fingerprint density at radius 3 is 2.57 bits per heavy atom. The third-order valence-corrected chi connectivity index (χ3v) is 7.85. The Hall–Kier alpha value is -3.61. The Morgan fingerprint density at radius 2 is 1.92 bits per heavy atom. The van der Waals surface area contributed by atoms with Crippen LogP contribution < -0.4 is 15.4 Å². The third-order valence-electron chi connectivity index (χ3n) is 5.68. The molecule has 0 saturated heterocycles. The van der Waals surface area contributed by atoms with E-state index in [4.69, 9.17) is 10.2 Å². The Bertz CT molecular complexity index is 1510. The van der Waals surface area contributed by atoms with Crippen LogP contribution in [0.2, 0.25) is 0 Å². The van der Waals surface area contributed by atoms with E-state index in [2.05, 4.69) is 20.5 Å². The second-order valence-corrected chi connectivity index (χ2v) is 12.0. The van der Waals surface area contributed by atoms with Crippen LogP contribution in [0.5, 0.6) is 0 Å². The summed E-state index contributed by atoms with van der Waals surface area (Å²) in [5, 5.41) is 13.8. The summed E-state index contributed by atoms with van der Waals surface area (Å²) in [6, 6.07) is 14.3. The van der Waals surface area contributed by atoms with Crippen LogP contribution in [-0.4, -0.2) is 42.8 Å². The van der Waals surface area contributed by atoms with Crippen molar-refractivity contribution < 1.29 is 17.6 Å². The molecular weight excluding hydrogens is 512 g/mol. The van der Waals surface area contributed by atoms with E-state index in [1.54, 1.807) is 19.1 Å². The van der Waals surface area contributed by atoms with Gasteiger partial charge in [0.15, 0.2) is 0 Å². The molecule has 0 radical (unpaired) electrons. The minimum absolute atomic E-state index is 0.119. The van der Waals surface area contributed by atoms with Crippen LogP contribution >= 0.6 is 11.3 Å². The van der Waals surface area contributed by atoms with Crippen LogP contribution in [0.3, 0.4) is 0 Å². The topological polar surface area (TPSA) is 144 Å². The van der Waals surface area contributed by atoms with Crippen molar-refractivity contribution in [3.8, 4) is 11.5 Å². The summed E-state index contributed by atoms with van der Waals surface area (Å²) >= 11 is 1.45. The largest absolute Gasteiger partial charge is 0.419 e. The molecule has 4 rings (SSSR count). The first-order valence-corrected chi connectivity index (χ1v) is 14.1. The number of thiazole rings is 1. The Balaban J connectivity index is 1.66. The predicted octanol–water partition coefficient (Wildman–Crippen LogP) is 3.24. The molecule has 0 aliphatic rings. The van der Waals surface area contributed by atoms with Crippen LogP contribution in [-0.2, 0) is 28.5 Å². The molecule has 2 heterocycles. The third kappa shape index (κ3) is 6.40. The van der Waals surface area contributed by atoms with Crippen molar-refractivity contribution in [1.29, 1.82) is 0 Å². The van der Waals surface area contributed by atoms with Crippen LogP contribution in [0.1, 0.15) is 39.4 Å². The Labute approximate surface area is 219 Å². The highest BCUT2D eigenvalue weighted by Gasteiger charge is 2.29. The van der Waals surface area contributed by atoms with Crippen molar-refractivity contribution >= 4 is 33.0 Å². The van der Waals surface area contributed by atoms with Crippen molar-refractivity contribution in [1.82, 2.24) is 20.5 Å². The number of anilines is 1. The molecule has 0 bridgehead atoms. The van der Waals surface area contributed by atoms with Gasteiger partial charge >= 0.3 is 0 Å². The van der Waals surface area contributed by atoms with Crippen molar-refractivity contribution in [3.63, 3.8) is 0 Å². The number of nitrogens with two attached hydrogens (primary N) is 1. The first-order chi connectivity index (χ1) is 17.4. The van der Waals surface area contributed by atoms with Gasteiger partial charge in [0.05, 0.1) is 24.0 Å². The number of nitrogens with one attached hydrogen (secondary N) is 1. The zero-order chi connectivity index (χ0) is 26.8.